The fraction of sp³-hybridized carbons (Fsp3) is 0.364. The molecule has 16 heavy (non-hydrogen) atoms. The molecule has 0 aliphatic carbocycles. The van der Waals surface area contributed by atoms with E-state index in [4.69, 9.17) is 10.5 Å². The standard InChI is InChI=1S/C11H16N4O/c1-7(16-2)5-13-11-4-10-8(3-9(11)12)6-14-15-10/h3-4,6-7,13H,5,12H2,1-2H3,(H,14,15). The van der Waals surface area contributed by atoms with E-state index in [1.54, 1.807) is 13.3 Å². The van der Waals surface area contributed by atoms with E-state index in [9.17, 15) is 0 Å². The van der Waals surface area contributed by atoms with Gasteiger partial charge in [-0.25, -0.2) is 0 Å². The average molecular weight is 220 g/mol. The number of anilines is 2. The third-order valence-electron chi connectivity index (χ3n) is 2.59. The third kappa shape index (κ3) is 2.09. The number of hydrogen-bond acceptors (Lipinski definition) is 4. The Labute approximate surface area is 94.0 Å². The van der Waals surface area contributed by atoms with Crippen LogP contribution in [0.4, 0.5) is 11.4 Å². The highest BCUT2D eigenvalue weighted by Gasteiger charge is 2.05. The molecule has 1 aromatic heterocycles. The number of methoxy groups -OCH3 is 1. The van der Waals surface area contributed by atoms with Gasteiger partial charge < -0.3 is 15.8 Å². The van der Waals surface area contributed by atoms with Crippen molar-refractivity contribution in [3.8, 4) is 0 Å². The van der Waals surface area contributed by atoms with Crippen LogP contribution in [0, 0.1) is 0 Å². The fourth-order valence-electron chi connectivity index (χ4n) is 1.50. The summed E-state index contributed by atoms with van der Waals surface area (Å²) in [6.07, 6.45) is 1.91. The summed E-state index contributed by atoms with van der Waals surface area (Å²) in [5.41, 5.74) is 8.53. The third-order valence-corrected chi connectivity index (χ3v) is 2.59. The summed E-state index contributed by atoms with van der Waals surface area (Å²) in [5.74, 6) is 0. The molecular formula is C11H16N4O. The molecule has 4 N–H and O–H groups in total. The Morgan fingerprint density at radius 1 is 1.56 bits per heavy atom. The molecule has 0 saturated carbocycles. The summed E-state index contributed by atoms with van der Waals surface area (Å²) in [5, 5.41) is 11.1. The van der Waals surface area contributed by atoms with Crippen LogP contribution >= 0.6 is 0 Å². The zero-order chi connectivity index (χ0) is 11.5. The summed E-state index contributed by atoms with van der Waals surface area (Å²) >= 11 is 0. The Balaban J connectivity index is 2.19. The number of nitrogens with one attached hydrogen (secondary N) is 2. The molecule has 2 rings (SSSR count). The molecule has 1 heterocycles. The van der Waals surface area contributed by atoms with Crippen LogP contribution in [-0.4, -0.2) is 30.0 Å². The number of rotatable bonds is 4. The molecule has 1 unspecified atom stereocenters. The first-order valence-electron chi connectivity index (χ1n) is 5.20. The van der Waals surface area contributed by atoms with Crippen LogP contribution in [0.5, 0.6) is 0 Å². The van der Waals surface area contributed by atoms with Gasteiger partial charge in [-0.05, 0) is 19.1 Å². The Morgan fingerprint density at radius 3 is 3.12 bits per heavy atom. The number of ether oxygens (including phenoxy) is 1. The van der Waals surface area contributed by atoms with Gasteiger partial charge in [-0.3, -0.25) is 5.10 Å². The van der Waals surface area contributed by atoms with Gasteiger partial charge in [-0.1, -0.05) is 0 Å². The molecule has 0 aliphatic heterocycles. The number of hydrogen-bond donors (Lipinski definition) is 3. The van der Waals surface area contributed by atoms with Crippen molar-refractivity contribution in [3.63, 3.8) is 0 Å². The van der Waals surface area contributed by atoms with Crippen molar-refractivity contribution in [2.75, 3.05) is 24.7 Å². The Bertz CT molecular complexity index is 480. The lowest BCUT2D eigenvalue weighted by molar-refractivity contribution is 0.129. The van der Waals surface area contributed by atoms with Gasteiger partial charge in [0.05, 0.1) is 29.2 Å². The van der Waals surface area contributed by atoms with Crippen LogP contribution < -0.4 is 11.1 Å². The summed E-state index contributed by atoms with van der Waals surface area (Å²) in [4.78, 5) is 0. The minimum atomic E-state index is 0.150. The van der Waals surface area contributed by atoms with Gasteiger partial charge in [0.2, 0.25) is 0 Å². The number of nitrogen functional groups attached to an aromatic ring is 1. The molecule has 2 aromatic rings. The van der Waals surface area contributed by atoms with Crippen LogP contribution in [0.2, 0.25) is 0 Å². The molecule has 0 spiro atoms. The number of aromatic nitrogens is 2. The van der Waals surface area contributed by atoms with E-state index in [0.717, 1.165) is 28.8 Å². The van der Waals surface area contributed by atoms with E-state index in [2.05, 4.69) is 15.5 Å². The van der Waals surface area contributed by atoms with Crippen molar-refractivity contribution in [1.29, 1.82) is 0 Å². The summed E-state index contributed by atoms with van der Waals surface area (Å²) in [6, 6.07) is 3.86. The van der Waals surface area contributed by atoms with E-state index < -0.39 is 0 Å². The van der Waals surface area contributed by atoms with E-state index in [1.165, 1.54) is 0 Å². The molecular weight excluding hydrogens is 204 g/mol. The largest absolute Gasteiger partial charge is 0.397 e. The molecule has 5 nitrogen and oxygen atoms in total. The maximum atomic E-state index is 5.93. The predicted molar refractivity (Wildman–Crippen MR) is 65.5 cm³/mol. The van der Waals surface area contributed by atoms with Crippen LogP contribution in [0.15, 0.2) is 18.3 Å². The fourth-order valence-corrected chi connectivity index (χ4v) is 1.50. The van der Waals surface area contributed by atoms with Crippen molar-refractivity contribution >= 4 is 22.3 Å². The van der Waals surface area contributed by atoms with Gasteiger partial charge in [-0.15, -0.1) is 0 Å². The van der Waals surface area contributed by atoms with E-state index >= 15 is 0 Å². The molecule has 1 atom stereocenters. The van der Waals surface area contributed by atoms with E-state index in [-0.39, 0.29) is 6.10 Å². The molecule has 1 aromatic carbocycles. The number of nitrogens with zero attached hydrogens (tertiary/aromatic N) is 1. The lowest BCUT2D eigenvalue weighted by atomic mass is 10.2. The number of H-pyrrole nitrogens is 1. The van der Waals surface area contributed by atoms with E-state index in [0.29, 0.717) is 0 Å². The minimum Gasteiger partial charge on any atom is -0.397 e. The first kappa shape index (κ1) is 10.8. The second-order valence-electron chi connectivity index (χ2n) is 3.82. The molecule has 0 radical (unpaired) electrons. The molecule has 0 saturated heterocycles. The number of benzene rings is 1. The maximum Gasteiger partial charge on any atom is 0.0715 e. The summed E-state index contributed by atoms with van der Waals surface area (Å²) < 4.78 is 5.16. The van der Waals surface area contributed by atoms with Crippen molar-refractivity contribution in [2.45, 2.75) is 13.0 Å². The summed E-state index contributed by atoms with van der Waals surface area (Å²) in [6.45, 7) is 2.72. The zero-order valence-electron chi connectivity index (χ0n) is 9.45. The van der Waals surface area contributed by atoms with Gasteiger partial charge in [-0.2, -0.15) is 5.10 Å². The smallest absolute Gasteiger partial charge is 0.0715 e. The lowest BCUT2D eigenvalue weighted by Crippen LogP contribution is -2.18. The monoisotopic (exact) mass is 220 g/mol. The maximum absolute atomic E-state index is 5.93. The van der Waals surface area contributed by atoms with Gasteiger partial charge in [0.1, 0.15) is 0 Å². The molecule has 0 aliphatic rings. The summed E-state index contributed by atoms with van der Waals surface area (Å²) in [7, 11) is 1.69. The molecule has 0 amide bonds. The SMILES string of the molecule is COC(C)CNc1cc2[nH]ncc2cc1N. The van der Waals surface area contributed by atoms with Crippen LogP contribution in [0.3, 0.4) is 0 Å². The molecule has 0 bridgehead atoms. The topological polar surface area (TPSA) is 76.0 Å². The number of fused-ring (bicyclic) bond motifs is 1. The van der Waals surface area contributed by atoms with Crippen LogP contribution in [0.25, 0.3) is 10.9 Å². The highest BCUT2D eigenvalue weighted by molar-refractivity contribution is 5.88. The Hall–Kier alpha value is -1.75. The van der Waals surface area contributed by atoms with Crippen molar-refractivity contribution in [1.82, 2.24) is 10.2 Å². The molecule has 0 fully saturated rings. The van der Waals surface area contributed by atoms with Gasteiger partial charge in [0.15, 0.2) is 0 Å². The quantitative estimate of drug-likeness (QED) is 0.684. The molecule has 5 heteroatoms. The first-order chi connectivity index (χ1) is 7.70. The average Bonchev–Trinajstić information content (AvgIpc) is 2.72. The van der Waals surface area contributed by atoms with Crippen molar-refractivity contribution in [2.24, 2.45) is 0 Å². The number of nitrogens with two attached hydrogens (primary N) is 1. The first-order valence-corrected chi connectivity index (χ1v) is 5.20. The normalized spacial score (nSPS) is 12.9. The Morgan fingerprint density at radius 2 is 2.38 bits per heavy atom. The second-order valence-corrected chi connectivity index (χ2v) is 3.82. The van der Waals surface area contributed by atoms with Crippen molar-refractivity contribution < 1.29 is 4.74 Å². The van der Waals surface area contributed by atoms with Crippen LogP contribution in [0.1, 0.15) is 6.92 Å². The predicted octanol–water partition coefficient (Wildman–Crippen LogP) is 1.59. The lowest BCUT2D eigenvalue weighted by Gasteiger charge is -2.13. The number of aromatic amines is 1. The molecule has 86 valence electrons. The minimum absolute atomic E-state index is 0.150. The highest BCUT2D eigenvalue weighted by atomic mass is 16.5. The van der Waals surface area contributed by atoms with E-state index in [1.807, 2.05) is 19.1 Å². The van der Waals surface area contributed by atoms with Gasteiger partial charge in [0.25, 0.3) is 0 Å². The van der Waals surface area contributed by atoms with Crippen molar-refractivity contribution in [3.05, 3.63) is 18.3 Å². The second kappa shape index (κ2) is 4.40. The highest BCUT2D eigenvalue weighted by Crippen LogP contribution is 2.24. The van der Waals surface area contributed by atoms with Gasteiger partial charge >= 0.3 is 0 Å². The zero-order valence-corrected chi connectivity index (χ0v) is 9.45. The van der Waals surface area contributed by atoms with Crippen LogP contribution in [-0.2, 0) is 4.74 Å². The van der Waals surface area contributed by atoms with Gasteiger partial charge in [0, 0.05) is 19.0 Å². The Kier molecular flexibility index (Phi) is 2.96.